The van der Waals surface area contributed by atoms with Gasteiger partial charge in [0, 0.05) is 6.61 Å². The van der Waals surface area contributed by atoms with Crippen molar-refractivity contribution < 1.29 is 9.47 Å². The molecule has 1 aromatic rings. The van der Waals surface area contributed by atoms with Crippen molar-refractivity contribution in [2.24, 2.45) is 5.73 Å². The fourth-order valence-corrected chi connectivity index (χ4v) is 2.09. The maximum absolute atomic E-state index is 5.77. The third kappa shape index (κ3) is 4.02. The van der Waals surface area contributed by atoms with Gasteiger partial charge < -0.3 is 15.2 Å². The molecule has 1 heterocycles. The first kappa shape index (κ1) is 12.4. The molecule has 0 amide bonds. The summed E-state index contributed by atoms with van der Waals surface area (Å²) in [6, 6.07) is 8.15. The number of ether oxygens (including phenoxy) is 2. The Morgan fingerprint density at radius 3 is 3.06 bits per heavy atom. The van der Waals surface area contributed by atoms with Gasteiger partial charge in [0.2, 0.25) is 0 Å². The summed E-state index contributed by atoms with van der Waals surface area (Å²) in [5.74, 6) is 0.921. The lowest BCUT2D eigenvalue weighted by Gasteiger charge is -2.22. The Morgan fingerprint density at radius 1 is 1.35 bits per heavy atom. The molecule has 0 radical (unpaired) electrons. The monoisotopic (exact) mass is 235 g/mol. The maximum Gasteiger partial charge on any atom is 0.119 e. The Hall–Kier alpha value is -1.06. The molecule has 1 aliphatic heterocycles. The van der Waals surface area contributed by atoms with Crippen LogP contribution in [0.4, 0.5) is 0 Å². The van der Waals surface area contributed by atoms with Gasteiger partial charge in [0.15, 0.2) is 0 Å². The normalized spacial score (nSPS) is 20.2. The van der Waals surface area contributed by atoms with E-state index >= 15 is 0 Å². The Labute approximate surface area is 103 Å². The molecule has 1 aliphatic rings. The highest BCUT2D eigenvalue weighted by molar-refractivity contribution is 5.28. The second kappa shape index (κ2) is 6.62. The predicted octanol–water partition coefficient (Wildman–Crippen LogP) is 2.14. The Morgan fingerprint density at radius 2 is 2.29 bits per heavy atom. The molecule has 0 bridgehead atoms. The summed E-state index contributed by atoms with van der Waals surface area (Å²) in [4.78, 5) is 0. The van der Waals surface area contributed by atoms with E-state index in [1.54, 1.807) is 0 Å². The molecular formula is C14H21NO2. The number of hydrogen-bond donors (Lipinski definition) is 1. The summed E-state index contributed by atoms with van der Waals surface area (Å²) in [6.45, 7) is 2.21. The van der Waals surface area contributed by atoms with Crippen molar-refractivity contribution in [3.63, 3.8) is 0 Å². The van der Waals surface area contributed by atoms with E-state index in [0.717, 1.165) is 25.2 Å². The molecule has 1 fully saturated rings. The van der Waals surface area contributed by atoms with Crippen LogP contribution in [-0.4, -0.2) is 25.9 Å². The van der Waals surface area contributed by atoms with Crippen LogP contribution in [-0.2, 0) is 11.2 Å². The molecule has 3 heteroatoms. The summed E-state index contributed by atoms with van der Waals surface area (Å²) >= 11 is 0. The van der Waals surface area contributed by atoms with E-state index in [2.05, 4.69) is 12.1 Å². The van der Waals surface area contributed by atoms with Crippen LogP contribution in [0.15, 0.2) is 24.3 Å². The molecule has 0 aliphatic carbocycles. The molecule has 0 saturated carbocycles. The fourth-order valence-electron chi connectivity index (χ4n) is 2.09. The second-order valence-corrected chi connectivity index (χ2v) is 4.49. The molecule has 1 unspecified atom stereocenters. The average Bonchev–Trinajstić information content (AvgIpc) is 2.39. The van der Waals surface area contributed by atoms with Gasteiger partial charge in [0.25, 0.3) is 0 Å². The first-order valence-corrected chi connectivity index (χ1v) is 6.42. The smallest absolute Gasteiger partial charge is 0.119 e. The number of nitrogens with two attached hydrogens (primary N) is 1. The summed E-state index contributed by atoms with van der Waals surface area (Å²) in [6.07, 6.45) is 4.71. The highest BCUT2D eigenvalue weighted by Crippen LogP contribution is 2.17. The average molecular weight is 235 g/mol. The molecule has 17 heavy (non-hydrogen) atoms. The van der Waals surface area contributed by atoms with Crippen LogP contribution in [0, 0.1) is 0 Å². The zero-order valence-electron chi connectivity index (χ0n) is 10.2. The maximum atomic E-state index is 5.77. The van der Waals surface area contributed by atoms with Gasteiger partial charge in [-0.2, -0.15) is 0 Å². The Bertz CT molecular complexity index is 335. The summed E-state index contributed by atoms with van der Waals surface area (Å²) in [5, 5.41) is 0. The first-order valence-electron chi connectivity index (χ1n) is 6.42. The summed E-state index contributed by atoms with van der Waals surface area (Å²) in [5.41, 5.74) is 6.77. The predicted molar refractivity (Wildman–Crippen MR) is 68.3 cm³/mol. The van der Waals surface area contributed by atoms with Crippen LogP contribution in [0.1, 0.15) is 24.8 Å². The molecule has 1 saturated heterocycles. The van der Waals surface area contributed by atoms with E-state index in [1.165, 1.54) is 18.4 Å². The second-order valence-electron chi connectivity index (χ2n) is 4.49. The van der Waals surface area contributed by atoms with Gasteiger partial charge in [0.05, 0.1) is 6.10 Å². The van der Waals surface area contributed by atoms with Crippen LogP contribution < -0.4 is 10.5 Å². The molecule has 1 atom stereocenters. The molecule has 2 N–H and O–H groups in total. The zero-order chi connectivity index (χ0) is 11.9. The van der Waals surface area contributed by atoms with E-state index in [-0.39, 0.29) is 6.10 Å². The van der Waals surface area contributed by atoms with Gasteiger partial charge in [-0.15, -0.1) is 0 Å². The third-order valence-electron chi connectivity index (χ3n) is 3.04. The van der Waals surface area contributed by atoms with Gasteiger partial charge in [0.1, 0.15) is 12.4 Å². The molecule has 3 nitrogen and oxygen atoms in total. The molecular weight excluding hydrogens is 214 g/mol. The molecule has 94 valence electrons. The van der Waals surface area contributed by atoms with E-state index in [0.29, 0.717) is 13.2 Å². The first-order chi connectivity index (χ1) is 8.38. The van der Waals surface area contributed by atoms with E-state index in [1.807, 2.05) is 12.1 Å². The third-order valence-corrected chi connectivity index (χ3v) is 3.04. The minimum atomic E-state index is 0.266. The van der Waals surface area contributed by atoms with Crippen molar-refractivity contribution in [2.45, 2.75) is 31.8 Å². The molecule has 0 spiro atoms. The van der Waals surface area contributed by atoms with Crippen molar-refractivity contribution >= 4 is 0 Å². The molecule has 0 aromatic heterocycles. The Balaban J connectivity index is 1.83. The van der Waals surface area contributed by atoms with Crippen molar-refractivity contribution in [3.05, 3.63) is 29.8 Å². The van der Waals surface area contributed by atoms with Crippen molar-refractivity contribution in [1.29, 1.82) is 0 Å². The van der Waals surface area contributed by atoms with Crippen molar-refractivity contribution in [1.82, 2.24) is 0 Å². The SMILES string of the molecule is NCCc1cccc(OCC2CCCCO2)c1. The Kier molecular flexibility index (Phi) is 4.83. The minimum absolute atomic E-state index is 0.266. The lowest BCUT2D eigenvalue weighted by atomic mass is 10.1. The quantitative estimate of drug-likeness (QED) is 0.850. The van der Waals surface area contributed by atoms with Gasteiger partial charge in [-0.3, -0.25) is 0 Å². The lowest BCUT2D eigenvalue weighted by Crippen LogP contribution is -2.25. The van der Waals surface area contributed by atoms with Crippen LogP contribution in [0.3, 0.4) is 0 Å². The van der Waals surface area contributed by atoms with Crippen molar-refractivity contribution in [3.8, 4) is 5.75 Å². The van der Waals surface area contributed by atoms with Gasteiger partial charge in [-0.05, 0) is 49.9 Å². The molecule has 2 rings (SSSR count). The van der Waals surface area contributed by atoms with E-state index in [4.69, 9.17) is 15.2 Å². The highest BCUT2D eigenvalue weighted by Gasteiger charge is 2.14. The topological polar surface area (TPSA) is 44.5 Å². The van der Waals surface area contributed by atoms with Gasteiger partial charge >= 0.3 is 0 Å². The molecule has 1 aromatic carbocycles. The van der Waals surface area contributed by atoms with Gasteiger partial charge in [-0.25, -0.2) is 0 Å². The van der Waals surface area contributed by atoms with E-state index in [9.17, 15) is 0 Å². The zero-order valence-corrected chi connectivity index (χ0v) is 10.2. The standard InChI is InChI=1S/C14H21NO2/c15-8-7-12-4-3-6-13(10-12)17-11-14-5-1-2-9-16-14/h3-4,6,10,14H,1-2,5,7-9,11,15H2. The number of hydrogen-bond acceptors (Lipinski definition) is 3. The van der Waals surface area contributed by atoms with Crippen LogP contribution in [0.5, 0.6) is 5.75 Å². The van der Waals surface area contributed by atoms with Crippen LogP contribution in [0.25, 0.3) is 0 Å². The lowest BCUT2D eigenvalue weighted by molar-refractivity contribution is -0.0110. The summed E-state index contributed by atoms with van der Waals surface area (Å²) < 4.78 is 11.4. The van der Waals surface area contributed by atoms with E-state index < -0.39 is 0 Å². The number of benzene rings is 1. The van der Waals surface area contributed by atoms with Crippen LogP contribution >= 0.6 is 0 Å². The fraction of sp³-hybridized carbons (Fsp3) is 0.571. The van der Waals surface area contributed by atoms with Gasteiger partial charge in [-0.1, -0.05) is 12.1 Å². The number of rotatable bonds is 5. The minimum Gasteiger partial charge on any atom is -0.491 e. The highest BCUT2D eigenvalue weighted by atomic mass is 16.5. The van der Waals surface area contributed by atoms with Crippen LogP contribution in [0.2, 0.25) is 0 Å². The largest absolute Gasteiger partial charge is 0.491 e. The summed E-state index contributed by atoms with van der Waals surface area (Å²) in [7, 11) is 0. The van der Waals surface area contributed by atoms with Crippen molar-refractivity contribution in [2.75, 3.05) is 19.8 Å².